The van der Waals surface area contributed by atoms with Crippen molar-refractivity contribution >= 4 is 29.3 Å². The molecule has 0 bridgehead atoms. The van der Waals surface area contributed by atoms with Crippen LogP contribution in [0.1, 0.15) is 10.4 Å². The lowest BCUT2D eigenvalue weighted by Gasteiger charge is -2.10. The zero-order chi connectivity index (χ0) is 23.3. The SMILES string of the molecule is C=c1c(-c2ccccc2)cc(=C(N=Nc2ccc(C)cc2)c2cccs2)cc1-c1ccccc1. The predicted molar refractivity (Wildman–Crippen MR) is 145 cm³/mol. The number of nitrogens with zero attached hydrogens (tertiary/aromatic N) is 2. The lowest BCUT2D eigenvalue weighted by atomic mass is 9.94. The van der Waals surface area contributed by atoms with Crippen molar-refractivity contribution in [3.8, 4) is 22.3 Å². The largest absolute Gasteiger partial charge is 0.151 e. The summed E-state index contributed by atoms with van der Waals surface area (Å²) >= 11 is 1.66. The molecule has 0 aliphatic carbocycles. The Bertz CT molecular complexity index is 1470. The van der Waals surface area contributed by atoms with Crippen LogP contribution >= 0.6 is 11.3 Å². The van der Waals surface area contributed by atoms with Crippen molar-refractivity contribution in [1.82, 2.24) is 0 Å². The molecule has 0 aliphatic heterocycles. The van der Waals surface area contributed by atoms with E-state index in [4.69, 9.17) is 5.11 Å². The van der Waals surface area contributed by atoms with Gasteiger partial charge in [0.25, 0.3) is 0 Å². The molecule has 0 N–H and O–H groups in total. The third-order valence-electron chi connectivity index (χ3n) is 5.75. The molecule has 0 amide bonds. The van der Waals surface area contributed by atoms with Crippen molar-refractivity contribution in [2.75, 3.05) is 0 Å². The van der Waals surface area contributed by atoms with Gasteiger partial charge in [-0.2, -0.15) is 5.11 Å². The van der Waals surface area contributed by atoms with Crippen LogP contribution in [0.5, 0.6) is 0 Å². The second-order valence-corrected chi connectivity index (χ2v) is 9.09. The molecule has 0 atom stereocenters. The van der Waals surface area contributed by atoms with Crippen LogP contribution in [0.2, 0.25) is 0 Å². The molecule has 34 heavy (non-hydrogen) atoms. The maximum Gasteiger partial charge on any atom is 0.110 e. The number of aryl methyl sites for hydroxylation is 1. The first-order valence-corrected chi connectivity index (χ1v) is 12.1. The van der Waals surface area contributed by atoms with Crippen LogP contribution < -0.4 is 10.4 Å². The molecule has 0 aliphatic rings. The lowest BCUT2D eigenvalue weighted by Crippen LogP contribution is -2.16. The number of hydrogen-bond donors (Lipinski definition) is 0. The lowest BCUT2D eigenvalue weighted by molar-refractivity contribution is 1.23. The van der Waals surface area contributed by atoms with Crippen molar-refractivity contribution < 1.29 is 0 Å². The zero-order valence-electron chi connectivity index (χ0n) is 19.0. The van der Waals surface area contributed by atoms with E-state index in [9.17, 15) is 0 Å². The van der Waals surface area contributed by atoms with Gasteiger partial charge in [-0.25, -0.2) is 0 Å². The van der Waals surface area contributed by atoms with Crippen molar-refractivity contribution in [3.63, 3.8) is 0 Å². The number of azo groups is 1. The molecule has 0 radical (unpaired) electrons. The maximum absolute atomic E-state index is 4.77. The fourth-order valence-electron chi connectivity index (χ4n) is 3.94. The summed E-state index contributed by atoms with van der Waals surface area (Å²) in [4.78, 5) is 1.07. The van der Waals surface area contributed by atoms with E-state index in [2.05, 4.69) is 103 Å². The minimum absolute atomic E-state index is 0.833. The van der Waals surface area contributed by atoms with Gasteiger partial charge in [-0.15, -0.1) is 16.5 Å². The van der Waals surface area contributed by atoms with Gasteiger partial charge in [0.1, 0.15) is 5.70 Å². The Morgan fingerprint density at radius 3 is 1.82 bits per heavy atom. The fourth-order valence-corrected chi connectivity index (χ4v) is 4.67. The second-order valence-electron chi connectivity index (χ2n) is 8.14. The summed E-state index contributed by atoms with van der Waals surface area (Å²) in [5, 5.41) is 13.4. The van der Waals surface area contributed by atoms with Gasteiger partial charge in [0.15, 0.2) is 0 Å². The first-order chi connectivity index (χ1) is 16.7. The highest BCUT2D eigenvalue weighted by Gasteiger charge is 2.10. The fraction of sp³-hybridized carbons (Fsp3) is 0.0323. The van der Waals surface area contributed by atoms with Crippen molar-refractivity contribution in [2.24, 2.45) is 10.2 Å². The highest BCUT2D eigenvalue weighted by molar-refractivity contribution is 7.11. The molecule has 0 spiro atoms. The Morgan fingerprint density at radius 2 is 1.29 bits per heavy atom. The van der Waals surface area contributed by atoms with Crippen LogP contribution in [0.25, 0.3) is 34.5 Å². The Labute approximate surface area is 203 Å². The third-order valence-corrected chi connectivity index (χ3v) is 6.62. The molecule has 5 aromatic rings. The molecule has 4 aromatic carbocycles. The standard InChI is InChI=1S/C31H24N2S/c1-22-15-17-27(18-16-22)32-33-31(30-14-9-19-34-30)26-20-28(24-10-5-3-6-11-24)23(2)29(21-26)25-12-7-4-8-13-25/h3-21H,2H2,1H3. The van der Waals surface area contributed by atoms with E-state index in [1.54, 1.807) is 11.3 Å². The van der Waals surface area contributed by atoms with Crippen molar-refractivity contribution in [2.45, 2.75) is 6.92 Å². The summed E-state index contributed by atoms with van der Waals surface area (Å²) in [5.74, 6) is 0. The van der Waals surface area contributed by atoms with Gasteiger partial charge in [-0.1, -0.05) is 91.0 Å². The number of thiophene rings is 1. The highest BCUT2D eigenvalue weighted by atomic mass is 32.1. The molecule has 1 heterocycles. The smallest absolute Gasteiger partial charge is 0.110 e. The van der Waals surface area contributed by atoms with Crippen LogP contribution in [0.15, 0.2) is 125 Å². The molecule has 0 fully saturated rings. The summed E-state index contributed by atoms with van der Waals surface area (Å²) in [6, 6.07) is 37.4. The van der Waals surface area contributed by atoms with E-state index in [1.807, 2.05) is 30.3 Å². The molecule has 5 rings (SSSR count). The van der Waals surface area contributed by atoms with E-state index in [-0.39, 0.29) is 0 Å². The van der Waals surface area contributed by atoms with Gasteiger partial charge in [-0.3, -0.25) is 0 Å². The average Bonchev–Trinajstić information content (AvgIpc) is 3.42. The van der Waals surface area contributed by atoms with E-state index in [0.717, 1.165) is 49.0 Å². The van der Waals surface area contributed by atoms with Gasteiger partial charge in [0.2, 0.25) is 0 Å². The van der Waals surface area contributed by atoms with Crippen molar-refractivity contribution in [1.29, 1.82) is 0 Å². The number of hydrogen-bond acceptors (Lipinski definition) is 3. The minimum atomic E-state index is 0.833. The first-order valence-electron chi connectivity index (χ1n) is 11.2. The summed E-state index contributed by atoms with van der Waals surface area (Å²) in [6.45, 7) is 6.55. The third kappa shape index (κ3) is 4.66. The Hall–Kier alpha value is -4.08. The van der Waals surface area contributed by atoms with Crippen LogP contribution in [0, 0.1) is 6.92 Å². The zero-order valence-corrected chi connectivity index (χ0v) is 19.8. The highest BCUT2D eigenvalue weighted by Crippen LogP contribution is 2.24. The van der Waals surface area contributed by atoms with Gasteiger partial charge < -0.3 is 0 Å². The van der Waals surface area contributed by atoms with Gasteiger partial charge >= 0.3 is 0 Å². The normalized spacial score (nSPS) is 11.1. The van der Waals surface area contributed by atoms with Gasteiger partial charge in [0, 0.05) is 5.22 Å². The molecular weight excluding hydrogens is 432 g/mol. The first kappa shape index (κ1) is 21.7. The monoisotopic (exact) mass is 456 g/mol. The molecular formula is C31H24N2S. The van der Waals surface area contributed by atoms with E-state index < -0.39 is 0 Å². The van der Waals surface area contributed by atoms with Crippen molar-refractivity contribution in [3.05, 3.63) is 135 Å². The topological polar surface area (TPSA) is 24.7 Å². The summed E-state index contributed by atoms with van der Waals surface area (Å²) in [6.07, 6.45) is 0. The molecule has 2 nitrogen and oxygen atoms in total. The second kappa shape index (κ2) is 9.82. The molecule has 164 valence electrons. The summed E-state index contributed by atoms with van der Waals surface area (Å²) in [5.41, 5.74) is 7.34. The molecule has 1 aromatic heterocycles. The van der Waals surface area contributed by atoms with E-state index >= 15 is 0 Å². The Morgan fingerprint density at radius 1 is 0.706 bits per heavy atom. The minimum Gasteiger partial charge on any atom is -0.151 e. The van der Waals surface area contributed by atoms with Crippen LogP contribution in [0.4, 0.5) is 5.69 Å². The van der Waals surface area contributed by atoms with Gasteiger partial charge in [-0.05, 0) is 70.1 Å². The molecule has 3 heteroatoms. The Balaban J connectivity index is 1.80. The quantitative estimate of drug-likeness (QED) is 0.242. The van der Waals surface area contributed by atoms with E-state index in [1.165, 1.54) is 5.56 Å². The van der Waals surface area contributed by atoms with Crippen LogP contribution in [-0.2, 0) is 0 Å². The van der Waals surface area contributed by atoms with Gasteiger partial charge in [0.05, 0.1) is 10.6 Å². The molecule has 0 saturated carbocycles. The predicted octanol–water partition coefficient (Wildman–Crippen LogP) is 7.74. The average molecular weight is 457 g/mol. The maximum atomic E-state index is 4.77. The number of benzene rings is 4. The molecule has 0 unspecified atom stereocenters. The van der Waals surface area contributed by atoms with Crippen LogP contribution in [-0.4, -0.2) is 0 Å². The Kier molecular flexibility index (Phi) is 6.28. The van der Waals surface area contributed by atoms with Crippen LogP contribution in [0.3, 0.4) is 0 Å². The summed E-state index contributed by atoms with van der Waals surface area (Å²) < 4.78 is 0. The number of rotatable bonds is 5. The molecule has 0 saturated heterocycles. The van der Waals surface area contributed by atoms with E-state index in [0.29, 0.717) is 0 Å². The summed E-state index contributed by atoms with van der Waals surface area (Å²) in [7, 11) is 0.